The average molecular weight is 377 g/mol. The Morgan fingerprint density at radius 2 is 1.64 bits per heavy atom. The van der Waals surface area contributed by atoms with Gasteiger partial charge >= 0.3 is 5.97 Å². The van der Waals surface area contributed by atoms with Crippen LogP contribution >= 0.6 is 0 Å². The zero-order valence-corrected chi connectivity index (χ0v) is 16.8. The summed E-state index contributed by atoms with van der Waals surface area (Å²) >= 11 is 0. The molecule has 0 aliphatic heterocycles. The number of carbonyl (C=O) groups is 1. The van der Waals surface area contributed by atoms with Gasteiger partial charge in [0.2, 0.25) is 0 Å². The number of hydrogen-bond acceptors (Lipinski definition) is 2. The molecule has 3 aromatic rings. The fraction of sp³-hybridized carbons (Fsp3) is 0.292. The van der Waals surface area contributed by atoms with E-state index in [-0.39, 0.29) is 0 Å². The van der Waals surface area contributed by atoms with Crippen molar-refractivity contribution in [1.29, 1.82) is 0 Å². The van der Waals surface area contributed by atoms with E-state index < -0.39 is 5.97 Å². The number of carboxylic acids is 1. The van der Waals surface area contributed by atoms with E-state index in [1.165, 1.54) is 11.1 Å². The van der Waals surface area contributed by atoms with Crippen LogP contribution in [0.3, 0.4) is 0 Å². The van der Waals surface area contributed by atoms with Crippen molar-refractivity contribution in [3.8, 4) is 5.69 Å². The first kappa shape index (κ1) is 19.9. The van der Waals surface area contributed by atoms with Crippen molar-refractivity contribution in [2.75, 3.05) is 6.54 Å². The van der Waals surface area contributed by atoms with Gasteiger partial charge in [-0.15, -0.1) is 0 Å². The molecule has 0 radical (unpaired) electrons. The van der Waals surface area contributed by atoms with Crippen molar-refractivity contribution < 1.29 is 9.90 Å². The Hall–Kier alpha value is -2.85. The van der Waals surface area contributed by atoms with Crippen molar-refractivity contribution >= 4 is 5.97 Å². The zero-order valence-electron chi connectivity index (χ0n) is 16.8. The van der Waals surface area contributed by atoms with Crippen molar-refractivity contribution in [1.82, 2.24) is 9.88 Å². The minimum Gasteiger partial charge on any atom is -0.478 e. The van der Waals surface area contributed by atoms with Gasteiger partial charge in [0.15, 0.2) is 0 Å². The average Bonchev–Trinajstić information content (AvgIpc) is 2.93. The van der Waals surface area contributed by atoms with Crippen LogP contribution in [0.5, 0.6) is 0 Å². The molecule has 0 aliphatic carbocycles. The second-order valence-corrected chi connectivity index (χ2v) is 7.27. The first-order chi connectivity index (χ1) is 13.5. The maximum absolute atomic E-state index is 11.9. The molecule has 0 unspecified atom stereocenters. The molecule has 1 heterocycles. The summed E-state index contributed by atoms with van der Waals surface area (Å²) in [5.74, 6) is -0.868. The van der Waals surface area contributed by atoms with E-state index in [2.05, 4.69) is 41.7 Å². The lowest BCUT2D eigenvalue weighted by Gasteiger charge is -2.10. The zero-order chi connectivity index (χ0) is 20.1. The van der Waals surface area contributed by atoms with Gasteiger partial charge in [0.05, 0.1) is 5.56 Å². The fourth-order valence-electron chi connectivity index (χ4n) is 3.75. The highest BCUT2D eigenvalue weighted by atomic mass is 16.4. The highest BCUT2D eigenvalue weighted by Crippen LogP contribution is 2.26. The molecule has 0 bridgehead atoms. The van der Waals surface area contributed by atoms with Crippen molar-refractivity contribution in [2.24, 2.45) is 0 Å². The lowest BCUT2D eigenvalue weighted by atomic mass is 10.1. The molecule has 2 aromatic carbocycles. The monoisotopic (exact) mass is 376 g/mol. The van der Waals surface area contributed by atoms with Gasteiger partial charge in [-0.25, -0.2) is 4.79 Å². The minimum absolute atomic E-state index is 0.411. The Morgan fingerprint density at radius 1 is 0.964 bits per heavy atom. The third-order valence-corrected chi connectivity index (χ3v) is 5.24. The summed E-state index contributed by atoms with van der Waals surface area (Å²) in [5, 5.41) is 13.2. The lowest BCUT2D eigenvalue weighted by molar-refractivity contribution is 0.0695. The molecular weight excluding hydrogens is 348 g/mol. The smallest absolute Gasteiger partial charge is 0.337 e. The summed E-state index contributed by atoms with van der Waals surface area (Å²) in [5.41, 5.74) is 6.54. The Bertz CT molecular complexity index is 941. The maximum Gasteiger partial charge on any atom is 0.337 e. The van der Waals surface area contributed by atoms with Crippen LogP contribution in [0.15, 0.2) is 54.6 Å². The third kappa shape index (κ3) is 4.34. The Labute approximate surface area is 166 Å². The molecule has 1 aromatic heterocycles. The van der Waals surface area contributed by atoms with Crippen LogP contribution < -0.4 is 5.32 Å². The number of aryl methyl sites for hydroxylation is 2. The van der Waals surface area contributed by atoms with Gasteiger partial charge in [0.1, 0.15) is 0 Å². The molecular formula is C24H28N2O2. The van der Waals surface area contributed by atoms with E-state index in [4.69, 9.17) is 0 Å². The van der Waals surface area contributed by atoms with Crippen molar-refractivity contribution in [3.05, 3.63) is 88.2 Å². The number of nitrogens with one attached hydrogen (secondary N) is 1. The first-order valence-electron chi connectivity index (χ1n) is 9.74. The van der Waals surface area contributed by atoms with Crippen LogP contribution in [0.2, 0.25) is 0 Å². The molecule has 0 amide bonds. The first-order valence-corrected chi connectivity index (χ1v) is 9.74. The van der Waals surface area contributed by atoms with Gasteiger partial charge in [0, 0.05) is 29.2 Å². The van der Waals surface area contributed by atoms with Gasteiger partial charge in [-0.2, -0.15) is 0 Å². The van der Waals surface area contributed by atoms with Crippen LogP contribution in [0.4, 0.5) is 0 Å². The second-order valence-electron chi connectivity index (χ2n) is 7.27. The van der Waals surface area contributed by atoms with Gasteiger partial charge in [-0.3, -0.25) is 0 Å². The molecule has 4 nitrogen and oxygen atoms in total. The summed E-state index contributed by atoms with van der Waals surface area (Å²) in [6, 6.07) is 18.6. The molecule has 3 rings (SSSR count). The highest BCUT2D eigenvalue weighted by Gasteiger charge is 2.22. The molecule has 2 N–H and O–H groups in total. The Balaban J connectivity index is 1.74. The predicted octanol–water partition coefficient (Wildman–Crippen LogP) is 4.82. The summed E-state index contributed by atoms with van der Waals surface area (Å²) in [6.45, 7) is 7.34. The Morgan fingerprint density at radius 3 is 2.29 bits per heavy atom. The topological polar surface area (TPSA) is 54.3 Å². The quantitative estimate of drug-likeness (QED) is 0.554. The van der Waals surface area contributed by atoms with E-state index >= 15 is 0 Å². The SMILES string of the molecule is Cc1ccc(-n2c(C)c(CNCCCc3ccccc3)c(C(=O)O)c2C)cc1. The van der Waals surface area contributed by atoms with E-state index in [1.807, 2.05) is 43.5 Å². The van der Waals surface area contributed by atoms with E-state index in [0.29, 0.717) is 12.1 Å². The standard InChI is InChI=1S/C24H28N2O2/c1-17-11-13-21(14-12-17)26-18(2)22(23(19(26)3)24(27)28)16-25-15-7-10-20-8-5-4-6-9-20/h4-6,8-9,11-14,25H,7,10,15-16H2,1-3H3,(H,27,28). The second kappa shape index (κ2) is 8.89. The van der Waals surface area contributed by atoms with Crippen LogP contribution in [0.1, 0.15) is 44.9 Å². The molecule has 0 saturated heterocycles. The number of aromatic nitrogens is 1. The number of rotatable bonds is 8. The third-order valence-electron chi connectivity index (χ3n) is 5.24. The highest BCUT2D eigenvalue weighted by molar-refractivity contribution is 5.91. The molecule has 0 saturated carbocycles. The summed E-state index contributed by atoms with van der Waals surface area (Å²) < 4.78 is 2.05. The number of aromatic carboxylic acids is 1. The number of nitrogens with zero attached hydrogens (tertiary/aromatic N) is 1. The maximum atomic E-state index is 11.9. The van der Waals surface area contributed by atoms with Crippen molar-refractivity contribution in [2.45, 2.75) is 40.2 Å². The molecule has 146 valence electrons. The molecule has 28 heavy (non-hydrogen) atoms. The fourth-order valence-corrected chi connectivity index (χ4v) is 3.75. The summed E-state index contributed by atoms with van der Waals surface area (Å²) in [7, 11) is 0. The number of hydrogen-bond donors (Lipinski definition) is 2. The van der Waals surface area contributed by atoms with E-state index in [0.717, 1.165) is 42.0 Å². The van der Waals surface area contributed by atoms with Gasteiger partial charge < -0.3 is 15.0 Å². The van der Waals surface area contributed by atoms with Crippen LogP contribution in [0.25, 0.3) is 5.69 Å². The summed E-state index contributed by atoms with van der Waals surface area (Å²) in [6.07, 6.45) is 2.03. The normalized spacial score (nSPS) is 11.0. The number of carboxylic acid groups (broad SMARTS) is 1. The number of benzene rings is 2. The van der Waals surface area contributed by atoms with Crippen LogP contribution in [0, 0.1) is 20.8 Å². The van der Waals surface area contributed by atoms with Crippen molar-refractivity contribution in [3.63, 3.8) is 0 Å². The van der Waals surface area contributed by atoms with Gasteiger partial charge in [-0.1, -0.05) is 48.0 Å². The van der Waals surface area contributed by atoms with E-state index in [9.17, 15) is 9.90 Å². The predicted molar refractivity (Wildman–Crippen MR) is 113 cm³/mol. The van der Waals surface area contributed by atoms with E-state index in [1.54, 1.807) is 0 Å². The van der Waals surface area contributed by atoms with Gasteiger partial charge in [0.25, 0.3) is 0 Å². The van der Waals surface area contributed by atoms with Crippen LogP contribution in [-0.2, 0) is 13.0 Å². The minimum atomic E-state index is -0.868. The largest absolute Gasteiger partial charge is 0.478 e. The molecule has 4 heteroatoms. The molecule has 0 fully saturated rings. The molecule has 0 spiro atoms. The lowest BCUT2D eigenvalue weighted by Crippen LogP contribution is -2.17. The molecule has 0 atom stereocenters. The van der Waals surface area contributed by atoms with Gasteiger partial charge in [-0.05, 0) is 57.9 Å². The summed E-state index contributed by atoms with van der Waals surface area (Å²) in [4.78, 5) is 11.9. The molecule has 0 aliphatic rings. The van der Waals surface area contributed by atoms with Crippen LogP contribution in [-0.4, -0.2) is 22.2 Å². The Kier molecular flexibility index (Phi) is 6.32.